The van der Waals surface area contributed by atoms with Gasteiger partial charge in [-0.1, -0.05) is 38.5 Å². The smallest absolute Gasteiger partial charge is 0.317 e. The summed E-state index contributed by atoms with van der Waals surface area (Å²) < 4.78 is 0. The van der Waals surface area contributed by atoms with E-state index >= 15 is 0 Å². The number of aliphatic carboxylic acids is 4. The summed E-state index contributed by atoms with van der Waals surface area (Å²) in [5.41, 5.74) is 10.7. The van der Waals surface area contributed by atoms with Crippen LogP contribution in [0.25, 0.3) is 0 Å². The highest BCUT2D eigenvalue weighted by atomic mass is 16.4. The molecule has 3 amide bonds. The topological polar surface area (TPSA) is 272 Å². The molecule has 18 nitrogen and oxygen atoms in total. The number of amides is 3. The first-order valence-corrected chi connectivity index (χ1v) is 15.9. The van der Waals surface area contributed by atoms with Crippen molar-refractivity contribution >= 4 is 41.6 Å². The van der Waals surface area contributed by atoms with Crippen LogP contribution in [0.1, 0.15) is 64.2 Å². The number of nitrogens with two attached hydrogens (primary N) is 1. The van der Waals surface area contributed by atoms with Gasteiger partial charge in [-0.05, 0) is 25.2 Å². The fraction of sp³-hybridized carbons (Fsp3) is 0.759. The first-order chi connectivity index (χ1) is 22.2. The van der Waals surface area contributed by atoms with E-state index in [-0.39, 0.29) is 51.6 Å². The molecule has 0 radical (unpaired) electrons. The van der Waals surface area contributed by atoms with E-state index in [0.717, 1.165) is 35.5 Å². The average Bonchev–Trinajstić information content (AvgIpc) is 2.98. The molecule has 47 heavy (non-hydrogen) atoms. The Morgan fingerprint density at radius 1 is 0.617 bits per heavy atom. The van der Waals surface area contributed by atoms with Crippen molar-refractivity contribution in [1.82, 2.24) is 30.9 Å². The van der Waals surface area contributed by atoms with E-state index in [1.807, 2.05) is 0 Å². The summed E-state index contributed by atoms with van der Waals surface area (Å²) >= 11 is 0. The quantitative estimate of drug-likeness (QED) is 0.0398. The molecule has 1 rings (SSSR count). The predicted octanol–water partition coefficient (Wildman–Crippen LogP) is -1.65. The number of unbranched alkanes of at least 4 members (excludes halogenated alkanes) is 2. The van der Waals surface area contributed by atoms with Crippen LogP contribution in [-0.4, -0.2) is 148 Å². The van der Waals surface area contributed by atoms with Gasteiger partial charge in [0.1, 0.15) is 0 Å². The van der Waals surface area contributed by atoms with Gasteiger partial charge in [-0.3, -0.25) is 59.1 Å². The van der Waals surface area contributed by atoms with Crippen LogP contribution in [0, 0.1) is 5.92 Å². The molecule has 0 bridgehead atoms. The lowest BCUT2D eigenvalue weighted by Gasteiger charge is -2.28. The SMILES string of the molecule is N[C@H](CC1CCCCC1)C(=O)NNC(=O)CCCCCNC(=O)CN(CCN(CC(=O)O)CC(=O)O)CCN(CC(=O)O)CC(=O)O. The molecule has 0 unspecified atom stereocenters. The average molecular weight is 674 g/mol. The molecule has 0 saturated heterocycles. The molecule has 0 spiro atoms. The number of hydrogen-bond donors (Lipinski definition) is 8. The predicted molar refractivity (Wildman–Crippen MR) is 167 cm³/mol. The highest BCUT2D eigenvalue weighted by Crippen LogP contribution is 2.26. The Labute approximate surface area is 273 Å². The van der Waals surface area contributed by atoms with Crippen molar-refractivity contribution < 1.29 is 54.0 Å². The van der Waals surface area contributed by atoms with Gasteiger partial charge in [0.25, 0.3) is 5.91 Å². The van der Waals surface area contributed by atoms with E-state index < -0.39 is 67.9 Å². The van der Waals surface area contributed by atoms with Gasteiger partial charge in [-0.15, -0.1) is 0 Å². The molecule has 1 aliphatic carbocycles. The number of carbonyl (C=O) groups is 7. The van der Waals surface area contributed by atoms with Gasteiger partial charge in [0.2, 0.25) is 11.8 Å². The Hall–Kier alpha value is -3.87. The Morgan fingerprint density at radius 3 is 1.60 bits per heavy atom. The number of carbonyl (C=O) groups excluding carboxylic acids is 3. The van der Waals surface area contributed by atoms with Crippen molar-refractivity contribution in [3.63, 3.8) is 0 Å². The molecule has 1 aliphatic rings. The van der Waals surface area contributed by atoms with Crippen molar-refractivity contribution in [2.45, 2.75) is 70.3 Å². The number of carboxylic acids is 4. The van der Waals surface area contributed by atoms with Crippen LogP contribution in [-0.2, 0) is 33.6 Å². The minimum absolute atomic E-state index is 0.0291. The Balaban J connectivity index is 2.47. The van der Waals surface area contributed by atoms with E-state index in [9.17, 15) is 33.6 Å². The zero-order chi connectivity index (χ0) is 35.2. The van der Waals surface area contributed by atoms with Crippen molar-refractivity contribution in [3.8, 4) is 0 Å². The largest absolute Gasteiger partial charge is 0.480 e. The molecule has 0 aromatic carbocycles. The minimum atomic E-state index is -1.24. The van der Waals surface area contributed by atoms with Gasteiger partial charge in [0.05, 0.1) is 38.8 Å². The van der Waals surface area contributed by atoms with E-state index in [0.29, 0.717) is 31.6 Å². The standard InChI is InChI=1S/C29H51N7O11/c30-22(15-21-7-3-1-4-8-21)29(47)33-32-23(37)9-5-2-6-10-31-24(38)16-34(11-13-35(17-25(39)40)18-26(41)42)12-14-36(19-27(43)44)20-28(45)46/h21-22H,1-20,30H2,(H,31,38)(H,32,37)(H,33,47)(H,39,40)(H,41,42)(H,43,44)(H,45,46)/t22-/m1/s1. The van der Waals surface area contributed by atoms with E-state index in [1.54, 1.807) is 4.90 Å². The van der Waals surface area contributed by atoms with Crippen molar-refractivity contribution in [2.24, 2.45) is 11.7 Å². The lowest BCUT2D eigenvalue weighted by Crippen LogP contribution is -2.49. The number of carboxylic acid groups (broad SMARTS) is 4. The zero-order valence-electron chi connectivity index (χ0n) is 26.9. The Bertz CT molecular complexity index is 968. The minimum Gasteiger partial charge on any atom is -0.480 e. The molecule has 0 heterocycles. The summed E-state index contributed by atoms with van der Waals surface area (Å²) in [7, 11) is 0. The van der Waals surface area contributed by atoms with Crippen LogP contribution in [0.15, 0.2) is 0 Å². The van der Waals surface area contributed by atoms with Gasteiger partial charge < -0.3 is 31.5 Å². The molecule has 18 heteroatoms. The van der Waals surface area contributed by atoms with Crippen LogP contribution >= 0.6 is 0 Å². The van der Waals surface area contributed by atoms with Crippen LogP contribution in [0.5, 0.6) is 0 Å². The van der Waals surface area contributed by atoms with Crippen LogP contribution in [0.2, 0.25) is 0 Å². The molecular weight excluding hydrogens is 622 g/mol. The lowest BCUT2D eigenvalue weighted by atomic mass is 9.85. The number of nitrogens with one attached hydrogen (secondary N) is 3. The second-order valence-electron chi connectivity index (χ2n) is 11.8. The molecule has 9 N–H and O–H groups in total. The van der Waals surface area contributed by atoms with E-state index in [1.165, 1.54) is 6.42 Å². The molecule has 0 aliphatic heterocycles. The third-order valence-electron chi connectivity index (χ3n) is 7.64. The molecule has 1 fully saturated rings. The maximum Gasteiger partial charge on any atom is 0.317 e. The normalized spacial score (nSPS) is 14.1. The second kappa shape index (κ2) is 23.4. The summed E-state index contributed by atoms with van der Waals surface area (Å²) in [6, 6.07) is -0.681. The molecule has 1 atom stereocenters. The second-order valence-corrected chi connectivity index (χ2v) is 11.8. The van der Waals surface area contributed by atoms with Gasteiger partial charge in [0, 0.05) is 39.1 Å². The summed E-state index contributed by atoms with van der Waals surface area (Å²) in [5.74, 6) is -5.69. The van der Waals surface area contributed by atoms with Crippen LogP contribution in [0.3, 0.4) is 0 Å². The van der Waals surface area contributed by atoms with Crippen molar-refractivity contribution in [2.75, 3.05) is 65.4 Å². The number of nitrogens with zero attached hydrogens (tertiary/aromatic N) is 3. The number of rotatable bonds is 25. The summed E-state index contributed by atoms with van der Waals surface area (Å²) in [6.07, 6.45) is 8.04. The van der Waals surface area contributed by atoms with Crippen LogP contribution in [0.4, 0.5) is 0 Å². The maximum absolute atomic E-state index is 12.7. The number of hydrazine groups is 1. The molecule has 1 saturated carbocycles. The monoisotopic (exact) mass is 673 g/mol. The van der Waals surface area contributed by atoms with E-state index in [2.05, 4.69) is 16.2 Å². The van der Waals surface area contributed by atoms with Crippen molar-refractivity contribution in [3.05, 3.63) is 0 Å². The highest BCUT2D eigenvalue weighted by molar-refractivity contribution is 5.85. The fourth-order valence-corrected chi connectivity index (χ4v) is 5.28. The van der Waals surface area contributed by atoms with Gasteiger partial charge in [0.15, 0.2) is 0 Å². The first-order valence-electron chi connectivity index (χ1n) is 15.9. The summed E-state index contributed by atoms with van der Waals surface area (Å²) in [5, 5.41) is 39.1. The molecule has 268 valence electrons. The maximum atomic E-state index is 12.7. The Morgan fingerprint density at radius 2 is 1.11 bits per heavy atom. The molecule has 0 aromatic heterocycles. The van der Waals surface area contributed by atoms with Crippen molar-refractivity contribution in [1.29, 1.82) is 0 Å². The van der Waals surface area contributed by atoms with Gasteiger partial charge >= 0.3 is 23.9 Å². The molecule has 0 aromatic rings. The fourth-order valence-electron chi connectivity index (χ4n) is 5.28. The van der Waals surface area contributed by atoms with Crippen LogP contribution < -0.4 is 21.9 Å². The summed E-state index contributed by atoms with van der Waals surface area (Å²) in [6.45, 7) is -2.04. The number of hydrogen-bond acceptors (Lipinski definition) is 11. The Kier molecular flexibility index (Phi) is 20.5. The molecular formula is C29H51N7O11. The zero-order valence-corrected chi connectivity index (χ0v) is 26.9. The van der Waals surface area contributed by atoms with Gasteiger partial charge in [-0.25, -0.2) is 0 Å². The highest BCUT2D eigenvalue weighted by Gasteiger charge is 2.22. The lowest BCUT2D eigenvalue weighted by molar-refractivity contribution is -0.143. The third kappa shape index (κ3) is 21.5. The summed E-state index contributed by atoms with van der Waals surface area (Å²) in [4.78, 5) is 85.4. The first kappa shape index (κ1) is 41.2. The van der Waals surface area contributed by atoms with Gasteiger partial charge in [-0.2, -0.15) is 0 Å². The van der Waals surface area contributed by atoms with E-state index in [4.69, 9.17) is 26.2 Å². The third-order valence-corrected chi connectivity index (χ3v) is 7.64.